The minimum absolute atomic E-state index is 0.0647. The summed E-state index contributed by atoms with van der Waals surface area (Å²) < 4.78 is 1.17. The van der Waals surface area contributed by atoms with Crippen molar-refractivity contribution in [2.45, 2.75) is 44.1 Å². The molecule has 0 spiro atoms. The summed E-state index contributed by atoms with van der Waals surface area (Å²) in [5.74, 6) is 0.657. The smallest absolute Gasteiger partial charge is 0.323 e. The van der Waals surface area contributed by atoms with Gasteiger partial charge in [-0.15, -0.1) is 11.3 Å². The van der Waals surface area contributed by atoms with Crippen molar-refractivity contribution < 1.29 is 9.59 Å². The molecule has 3 fully saturated rings. The van der Waals surface area contributed by atoms with Crippen molar-refractivity contribution in [3.63, 3.8) is 0 Å². The SMILES string of the molecule is C[C@@]1(C2CC2)NC(=O)N(CN2CCC(c3nc4cc(Cl)ccc4s3)CC2)C1=O. The lowest BCUT2D eigenvalue weighted by molar-refractivity contribution is -0.133. The summed E-state index contributed by atoms with van der Waals surface area (Å²) in [4.78, 5) is 33.6. The number of hydrogen-bond donors (Lipinski definition) is 1. The van der Waals surface area contributed by atoms with Gasteiger partial charge in [0.25, 0.3) is 5.91 Å². The van der Waals surface area contributed by atoms with Crippen LogP contribution in [0.4, 0.5) is 4.79 Å². The molecule has 1 aromatic heterocycles. The van der Waals surface area contributed by atoms with Crippen LogP contribution in [0.25, 0.3) is 10.2 Å². The highest BCUT2D eigenvalue weighted by Gasteiger charge is 2.56. The molecule has 8 heteroatoms. The third-order valence-corrected chi connectivity index (χ3v) is 7.77. The minimum Gasteiger partial charge on any atom is -0.323 e. The Bertz CT molecular complexity index is 951. The second-order valence-electron chi connectivity index (χ2n) is 8.34. The lowest BCUT2D eigenvalue weighted by Gasteiger charge is -2.33. The average molecular weight is 419 g/mol. The number of amides is 3. The van der Waals surface area contributed by atoms with Crippen LogP contribution in [-0.2, 0) is 4.79 Å². The number of likely N-dealkylation sites (tertiary alicyclic amines) is 1. The molecule has 6 nitrogen and oxygen atoms in total. The van der Waals surface area contributed by atoms with E-state index in [2.05, 4.69) is 10.2 Å². The number of halogens is 1. The fourth-order valence-electron chi connectivity index (χ4n) is 4.40. The highest BCUT2D eigenvalue weighted by Crippen LogP contribution is 2.43. The van der Waals surface area contributed by atoms with E-state index in [4.69, 9.17) is 16.6 Å². The summed E-state index contributed by atoms with van der Waals surface area (Å²) in [6.45, 7) is 3.97. The van der Waals surface area contributed by atoms with Gasteiger partial charge in [0, 0.05) is 24.0 Å². The molecule has 0 bridgehead atoms. The molecule has 0 radical (unpaired) electrons. The minimum atomic E-state index is -0.697. The van der Waals surface area contributed by atoms with Gasteiger partial charge in [-0.2, -0.15) is 0 Å². The van der Waals surface area contributed by atoms with Crippen LogP contribution in [0.15, 0.2) is 18.2 Å². The van der Waals surface area contributed by atoms with Crippen molar-refractivity contribution in [3.8, 4) is 0 Å². The molecule has 1 N–H and O–H groups in total. The monoisotopic (exact) mass is 418 g/mol. The van der Waals surface area contributed by atoms with Gasteiger partial charge < -0.3 is 5.32 Å². The summed E-state index contributed by atoms with van der Waals surface area (Å²) in [5, 5.41) is 4.80. The number of urea groups is 1. The number of fused-ring (bicyclic) bond motifs is 1. The molecular formula is C20H23ClN4O2S. The van der Waals surface area contributed by atoms with Crippen LogP contribution in [-0.4, -0.2) is 52.0 Å². The number of carbonyl (C=O) groups excluding carboxylic acids is 2. The molecule has 1 aromatic carbocycles. The number of rotatable bonds is 4. The van der Waals surface area contributed by atoms with Gasteiger partial charge in [0.1, 0.15) is 5.54 Å². The molecule has 3 amide bonds. The standard InChI is InChI=1S/C20H23ClN4O2S/c1-20(13-2-3-13)18(26)25(19(27)23-20)11-24-8-6-12(7-9-24)17-22-15-10-14(21)4-5-16(15)28-17/h4-5,10,12-13H,2-3,6-9,11H2,1H3,(H,23,27)/t20-/m0/s1. The second kappa shape index (κ2) is 6.68. The van der Waals surface area contributed by atoms with Gasteiger partial charge in [-0.25, -0.2) is 14.7 Å². The van der Waals surface area contributed by atoms with Crippen LogP contribution >= 0.6 is 22.9 Å². The first kappa shape index (κ1) is 18.3. The number of piperidine rings is 1. The van der Waals surface area contributed by atoms with Crippen molar-refractivity contribution >= 4 is 45.1 Å². The predicted octanol–water partition coefficient (Wildman–Crippen LogP) is 3.81. The fraction of sp³-hybridized carbons (Fsp3) is 0.550. The number of imide groups is 1. The summed E-state index contributed by atoms with van der Waals surface area (Å²) in [6, 6.07) is 5.61. The number of hydrogen-bond acceptors (Lipinski definition) is 5. The Labute approximate surface area is 172 Å². The number of nitrogens with one attached hydrogen (secondary N) is 1. The van der Waals surface area contributed by atoms with E-state index in [-0.39, 0.29) is 11.9 Å². The molecule has 1 atom stereocenters. The Kier molecular flexibility index (Phi) is 4.37. The molecule has 3 aliphatic rings. The maximum absolute atomic E-state index is 12.8. The summed E-state index contributed by atoms with van der Waals surface area (Å²) >= 11 is 7.81. The van der Waals surface area contributed by atoms with Gasteiger partial charge in [0.05, 0.1) is 21.9 Å². The highest BCUT2D eigenvalue weighted by atomic mass is 35.5. The Morgan fingerprint density at radius 2 is 2.00 bits per heavy atom. The largest absolute Gasteiger partial charge is 0.326 e. The Morgan fingerprint density at radius 1 is 1.25 bits per heavy atom. The molecule has 2 aliphatic heterocycles. The number of nitrogens with zero attached hydrogens (tertiary/aromatic N) is 3. The van der Waals surface area contributed by atoms with E-state index >= 15 is 0 Å². The molecule has 1 saturated carbocycles. The molecule has 5 rings (SSSR count). The van der Waals surface area contributed by atoms with Crippen LogP contribution in [0, 0.1) is 5.92 Å². The van der Waals surface area contributed by atoms with E-state index in [0.717, 1.165) is 49.3 Å². The van der Waals surface area contributed by atoms with Gasteiger partial charge in [0.2, 0.25) is 0 Å². The van der Waals surface area contributed by atoms with E-state index in [1.807, 2.05) is 25.1 Å². The first-order chi connectivity index (χ1) is 13.4. The van der Waals surface area contributed by atoms with Crippen LogP contribution < -0.4 is 5.32 Å². The average Bonchev–Trinajstić information content (AvgIpc) is 3.42. The van der Waals surface area contributed by atoms with E-state index in [0.29, 0.717) is 23.5 Å². The van der Waals surface area contributed by atoms with Crippen LogP contribution in [0.3, 0.4) is 0 Å². The van der Waals surface area contributed by atoms with Crippen LogP contribution in [0.2, 0.25) is 5.02 Å². The number of benzene rings is 1. The van der Waals surface area contributed by atoms with Crippen LogP contribution in [0.5, 0.6) is 0 Å². The zero-order valence-electron chi connectivity index (χ0n) is 15.8. The first-order valence-corrected chi connectivity index (χ1v) is 11.1. The summed E-state index contributed by atoms with van der Waals surface area (Å²) in [5.41, 5.74) is 0.270. The van der Waals surface area contributed by atoms with Crippen molar-refractivity contribution in [2.75, 3.05) is 19.8 Å². The predicted molar refractivity (Wildman–Crippen MR) is 110 cm³/mol. The van der Waals surface area contributed by atoms with Gasteiger partial charge in [-0.1, -0.05) is 11.6 Å². The number of carbonyl (C=O) groups is 2. The zero-order valence-corrected chi connectivity index (χ0v) is 17.4. The van der Waals surface area contributed by atoms with Gasteiger partial charge >= 0.3 is 6.03 Å². The molecule has 0 unspecified atom stereocenters. The van der Waals surface area contributed by atoms with Crippen LogP contribution in [0.1, 0.15) is 43.5 Å². The van der Waals surface area contributed by atoms with Gasteiger partial charge in [0.15, 0.2) is 0 Å². The number of aromatic nitrogens is 1. The van der Waals surface area contributed by atoms with Crippen molar-refractivity contribution in [1.29, 1.82) is 0 Å². The Morgan fingerprint density at radius 3 is 2.71 bits per heavy atom. The summed E-state index contributed by atoms with van der Waals surface area (Å²) in [7, 11) is 0. The van der Waals surface area contributed by atoms with E-state index in [9.17, 15) is 9.59 Å². The number of thiazole rings is 1. The first-order valence-electron chi connectivity index (χ1n) is 9.86. The van der Waals surface area contributed by atoms with E-state index < -0.39 is 5.54 Å². The van der Waals surface area contributed by atoms with E-state index in [1.54, 1.807) is 11.3 Å². The highest BCUT2D eigenvalue weighted by molar-refractivity contribution is 7.18. The molecule has 2 saturated heterocycles. The Balaban J connectivity index is 1.22. The molecule has 2 aromatic rings. The molecule has 28 heavy (non-hydrogen) atoms. The van der Waals surface area contributed by atoms with Gasteiger partial charge in [-0.05, 0) is 56.7 Å². The topological polar surface area (TPSA) is 65.5 Å². The quantitative estimate of drug-likeness (QED) is 0.767. The van der Waals surface area contributed by atoms with Crippen molar-refractivity contribution in [1.82, 2.24) is 20.1 Å². The molecular weight excluding hydrogens is 396 g/mol. The zero-order chi connectivity index (χ0) is 19.5. The van der Waals surface area contributed by atoms with Gasteiger partial charge in [-0.3, -0.25) is 9.69 Å². The van der Waals surface area contributed by atoms with Crippen molar-refractivity contribution in [2.24, 2.45) is 5.92 Å². The Hall–Kier alpha value is -1.70. The normalized spacial score (nSPS) is 27.0. The van der Waals surface area contributed by atoms with Crippen molar-refractivity contribution in [3.05, 3.63) is 28.2 Å². The molecule has 1 aliphatic carbocycles. The maximum Gasteiger partial charge on any atom is 0.326 e. The third-order valence-electron chi connectivity index (χ3n) is 6.34. The molecule has 148 valence electrons. The lowest BCUT2D eigenvalue weighted by atomic mass is 9.96. The third kappa shape index (κ3) is 3.09. The summed E-state index contributed by atoms with van der Waals surface area (Å²) in [6.07, 6.45) is 4.01. The second-order valence-corrected chi connectivity index (χ2v) is 9.84. The maximum atomic E-state index is 12.8. The fourth-order valence-corrected chi connectivity index (χ4v) is 5.68. The lowest BCUT2D eigenvalue weighted by Crippen LogP contribution is -2.48. The molecule has 3 heterocycles. The van der Waals surface area contributed by atoms with E-state index in [1.165, 1.54) is 9.60 Å².